The van der Waals surface area contributed by atoms with Crippen molar-refractivity contribution in [2.24, 2.45) is 5.92 Å². The highest BCUT2D eigenvalue weighted by atomic mass is 19.4. The summed E-state index contributed by atoms with van der Waals surface area (Å²) < 4.78 is 44.4. The van der Waals surface area contributed by atoms with E-state index >= 15 is 0 Å². The Labute approximate surface area is 225 Å². The number of ether oxygens (including phenoxy) is 1. The number of Topliss-reactive ketones (excluding diaryl/α,β-unsaturated/α-hetero) is 1. The first-order valence-electron chi connectivity index (χ1n) is 13.0. The number of carbonyl (C=O) groups excluding carboxylic acids is 1. The third-order valence-corrected chi connectivity index (χ3v) is 6.75. The van der Waals surface area contributed by atoms with E-state index in [0.29, 0.717) is 17.2 Å². The van der Waals surface area contributed by atoms with Crippen molar-refractivity contribution in [1.82, 2.24) is 15.1 Å². The lowest BCUT2D eigenvalue weighted by molar-refractivity contribution is -0.274. The van der Waals surface area contributed by atoms with Crippen LogP contribution < -0.4 is 10.1 Å². The normalized spacial score (nSPS) is 14.3. The first-order valence-corrected chi connectivity index (χ1v) is 13.0. The van der Waals surface area contributed by atoms with Gasteiger partial charge in [-0.05, 0) is 91.7 Å². The number of ketones is 1. The zero-order valence-electron chi connectivity index (χ0n) is 21.8. The van der Waals surface area contributed by atoms with Crippen LogP contribution in [0.2, 0.25) is 0 Å². The molecule has 0 aliphatic heterocycles. The standard InChI is InChI=1S/C31H30F3N3O2/c1-20-6-3-10-26(14-20)37-28(15-21(2)36-37)29(38)17-23-7-4-8-24(16-23)30(35-19-22-12-13-22)25-9-5-11-27(18-25)39-31(32,33)34/h3-11,14-16,18,22,30,35H,12-13,17,19H2,1-2H3. The predicted molar refractivity (Wildman–Crippen MR) is 143 cm³/mol. The van der Waals surface area contributed by atoms with Gasteiger partial charge in [0.2, 0.25) is 0 Å². The minimum atomic E-state index is -4.76. The Kier molecular flexibility index (Phi) is 7.57. The van der Waals surface area contributed by atoms with Crippen molar-refractivity contribution in [3.63, 3.8) is 0 Å². The molecule has 1 aliphatic rings. The Morgan fingerprint density at radius 2 is 1.72 bits per heavy atom. The number of benzene rings is 3. The molecular weight excluding hydrogens is 503 g/mol. The number of aryl methyl sites for hydroxylation is 2. The van der Waals surface area contributed by atoms with Crippen LogP contribution in [0, 0.1) is 19.8 Å². The lowest BCUT2D eigenvalue weighted by atomic mass is 9.95. The van der Waals surface area contributed by atoms with Crippen molar-refractivity contribution in [1.29, 1.82) is 0 Å². The smallest absolute Gasteiger partial charge is 0.406 e. The SMILES string of the molecule is Cc1cccc(-n2nc(C)cc2C(=O)Cc2cccc(C(NCC3CC3)c3cccc(OC(F)(F)F)c3)c2)c1. The number of aromatic nitrogens is 2. The lowest BCUT2D eigenvalue weighted by Gasteiger charge is -2.21. The third-order valence-electron chi connectivity index (χ3n) is 6.75. The van der Waals surface area contributed by atoms with Gasteiger partial charge in [0.05, 0.1) is 17.4 Å². The molecule has 3 aromatic carbocycles. The molecule has 202 valence electrons. The van der Waals surface area contributed by atoms with Crippen LogP contribution >= 0.6 is 0 Å². The highest BCUT2D eigenvalue weighted by Gasteiger charge is 2.31. The topological polar surface area (TPSA) is 56.2 Å². The molecule has 5 rings (SSSR count). The fraction of sp³-hybridized carbons (Fsp3) is 0.290. The van der Waals surface area contributed by atoms with E-state index in [1.807, 2.05) is 62.4 Å². The van der Waals surface area contributed by atoms with Gasteiger partial charge in [0, 0.05) is 6.42 Å². The van der Waals surface area contributed by atoms with Gasteiger partial charge in [-0.2, -0.15) is 5.10 Å². The molecule has 4 aromatic rings. The molecule has 5 nitrogen and oxygen atoms in total. The molecule has 1 N–H and O–H groups in total. The Balaban J connectivity index is 1.41. The molecule has 1 saturated carbocycles. The van der Waals surface area contributed by atoms with E-state index in [9.17, 15) is 18.0 Å². The maximum atomic E-state index is 13.5. The minimum Gasteiger partial charge on any atom is -0.406 e. The molecule has 1 heterocycles. The summed E-state index contributed by atoms with van der Waals surface area (Å²) in [5.74, 6) is 0.235. The molecule has 39 heavy (non-hydrogen) atoms. The fourth-order valence-corrected chi connectivity index (χ4v) is 4.74. The summed E-state index contributed by atoms with van der Waals surface area (Å²) in [4.78, 5) is 13.5. The van der Waals surface area contributed by atoms with Crippen molar-refractivity contribution in [2.75, 3.05) is 6.54 Å². The van der Waals surface area contributed by atoms with E-state index in [1.165, 1.54) is 12.1 Å². The minimum absolute atomic E-state index is 0.0719. The number of hydrogen-bond donors (Lipinski definition) is 1. The Morgan fingerprint density at radius 1 is 1.00 bits per heavy atom. The number of halogens is 3. The molecule has 1 atom stereocenters. The largest absolute Gasteiger partial charge is 0.573 e. The predicted octanol–water partition coefficient (Wildman–Crippen LogP) is 6.90. The van der Waals surface area contributed by atoms with Gasteiger partial charge in [-0.1, -0.05) is 48.5 Å². The summed E-state index contributed by atoms with van der Waals surface area (Å²) in [5.41, 5.74) is 5.49. The highest BCUT2D eigenvalue weighted by molar-refractivity contribution is 5.96. The second-order valence-electron chi connectivity index (χ2n) is 10.2. The van der Waals surface area contributed by atoms with E-state index in [1.54, 1.807) is 22.9 Å². The van der Waals surface area contributed by atoms with Gasteiger partial charge in [0.1, 0.15) is 11.4 Å². The number of nitrogens with one attached hydrogen (secondary N) is 1. The first-order chi connectivity index (χ1) is 18.6. The second kappa shape index (κ2) is 11.1. The fourth-order valence-electron chi connectivity index (χ4n) is 4.74. The van der Waals surface area contributed by atoms with Crippen LogP contribution in [0.1, 0.15) is 57.3 Å². The molecule has 1 aromatic heterocycles. The van der Waals surface area contributed by atoms with Crippen LogP contribution in [0.25, 0.3) is 5.69 Å². The molecule has 0 amide bonds. The molecule has 8 heteroatoms. The van der Waals surface area contributed by atoms with E-state index in [2.05, 4.69) is 15.2 Å². The molecule has 1 aliphatic carbocycles. The quantitative estimate of drug-likeness (QED) is 0.225. The molecule has 0 saturated heterocycles. The maximum Gasteiger partial charge on any atom is 0.573 e. The van der Waals surface area contributed by atoms with Crippen LogP contribution in [0.3, 0.4) is 0 Å². The van der Waals surface area contributed by atoms with Gasteiger partial charge < -0.3 is 10.1 Å². The highest BCUT2D eigenvalue weighted by Crippen LogP contribution is 2.32. The van der Waals surface area contributed by atoms with Crippen LogP contribution in [-0.4, -0.2) is 28.5 Å². The molecule has 0 radical (unpaired) electrons. The van der Waals surface area contributed by atoms with E-state index < -0.39 is 6.36 Å². The number of alkyl halides is 3. The number of carbonyl (C=O) groups is 1. The van der Waals surface area contributed by atoms with Gasteiger partial charge in [0.15, 0.2) is 5.78 Å². The van der Waals surface area contributed by atoms with Gasteiger partial charge in [-0.25, -0.2) is 4.68 Å². The number of nitrogens with zero attached hydrogens (tertiary/aromatic N) is 2. The summed E-state index contributed by atoms with van der Waals surface area (Å²) in [6.45, 7) is 4.61. The summed E-state index contributed by atoms with van der Waals surface area (Å²) in [6.07, 6.45) is -2.32. The summed E-state index contributed by atoms with van der Waals surface area (Å²) in [7, 11) is 0. The zero-order valence-corrected chi connectivity index (χ0v) is 21.8. The van der Waals surface area contributed by atoms with Gasteiger partial charge in [-0.15, -0.1) is 13.2 Å². The Bertz CT molecular complexity index is 1470. The number of rotatable bonds is 10. The molecule has 1 unspecified atom stereocenters. The van der Waals surface area contributed by atoms with Crippen LogP contribution in [0.4, 0.5) is 13.2 Å². The van der Waals surface area contributed by atoms with Gasteiger partial charge in [-0.3, -0.25) is 4.79 Å². The van der Waals surface area contributed by atoms with E-state index in [0.717, 1.165) is 47.5 Å². The van der Waals surface area contributed by atoms with Crippen molar-refractivity contribution >= 4 is 5.78 Å². The van der Waals surface area contributed by atoms with Crippen LogP contribution in [0.15, 0.2) is 78.9 Å². The second-order valence-corrected chi connectivity index (χ2v) is 10.2. The van der Waals surface area contributed by atoms with E-state index in [4.69, 9.17) is 0 Å². The van der Waals surface area contributed by atoms with Crippen LogP contribution in [0.5, 0.6) is 5.75 Å². The molecule has 0 spiro atoms. The Hall–Kier alpha value is -3.91. The summed E-state index contributed by atoms with van der Waals surface area (Å²) in [5, 5.41) is 8.06. The van der Waals surface area contributed by atoms with Gasteiger partial charge in [0.25, 0.3) is 0 Å². The molecular formula is C31H30F3N3O2. The molecule has 1 fully saturated rings. The van der Waals surface area contributed by atoms with Crippen LogP contribution in [-0.2, 0) is 6.42 Å². The average molecular weight is 534 g/mol. The average Bonchev–Trinajstić information content (AvgIpc) is 3.62. The lowest BCUT2D eigenvalue weighted by Crippen LogP contribution is -2.25. The summed E-state index contributed by atoms with van der Waals surface area (Å²) >= 11 is 0. The van der Waals surface area contributed by atoms with Crippen molar-refractivity contribution < 1.29 is 22.7 Å². The van der Waals surface area contributed by atoms with Crippen molar-refractivity contribution in [3.8, 4) is 11.4 Å². The molecule has 0 bridgehead atoms. The van der Waals surface area contributed by atoms with Crippen molar-refractivity contribution in [2.45, 2.75) is 45.5 Å². The number of hydrogen-bond acceptors (Lipinski definition) is 4. The monoisotopic (exact) mass is 533 g/mol. The van der Waals surface area contributed by atoms with Crippen molar-refractivity contribution in [3.05, 3.63) is 113 Å². The van der Waals surface area contributed by atoms with Gasteiger partial charge >= 0.3 is 6.36 Å². The Morgan fingerprint density at radius 3 is 2.44 bits per heavy atom. The van der Waals surface area contributed by atoms with E-state index in [-0.39, 0.29) is 24.0 Å². The maximum absolute atomic E-state index is 13.5. The zero-order chi connectivity index (χ0) is 27.6. The third kappa shape index (κ3) is 6.95. The summed E-state index contributed by atoms with van der Waals surface area (Å²) in [6, 6.07) is 23.0. The first kappa shape index (κ1) is 26.7.